The zero-order chi connectivity index (χ0) is 26.3. The maximum absolute atomic E-state index is 13.7. The van der Waals surface area contributed by atoms with E-state index < -0.39 is 22.5 Å². The van der Waals surface area contributed by atoms with Crippen LogP contribution in [-0.4, -0.2) is 48.2 Å². The molecular weight excluding hydrogens is 480 g/mol. The van der Waals surface area contributed by atoms with Gasteiger partial charge in [-0.1, -0.05) is 35.4 Å². The summed E-state index contributed by atoms with van der Waals surface area (Å²) in [4.78, 5) is 13.0. The van der Waals surface area contributed by atoms with Crippen molar-refractivity contribution in [3.05, 3.63) is 77.4 Å². The van der Waals surface area contributed by atoms with E-state index in [-0.39, 0.29) is 29.5 Å². The second-order valence-corrected chi connectivity index (χ2v) is 10.2. The summed E-state index contributed by atoms with van der Waals surface area (Å²) in [6.45, 7) is 5.82. The first-order valence-electron chi connectivity index (χ1n) is 11.4. The molecule has 0 aliphatic rings. The van der Waals surface area contributed by atoms with Gasteiger partial charge < -0.3 is 19.5 Å². The lowest BCUT2D eigenvalue weighted by molar-refractivity contribution is -0.119. The number of methoxy groups -OCH3 is 2. The molecule has 0 aliphatic carbocycles. The molecule has 0 atom stereocenters. The van der Waals surface area contributed by atoms with E-state index in [1.807, 2.05) is 39.0 Å². The third kappa shape index (κ3) is 6.48. The first-order valence-corrected chi connectivity index (χ1v) is 12.9. The van der Waals surface area contributed by atoms with Gasteiger partial charge in [-0.25, -0.2) is 8.42 Å². The lowest BCUT2D eigenvalue weighted by Crippen LogP contribution is -2.42. The van der Waals surface area contributed by atoms with Crippen LogP contribution in [0.25, 0.3) is 0 Å². The van der Waals surface area contributed by atoms with Crippen molar-refractivity contribution in [2.45, 2.75) is 25.7 Å². The fourth-order valence-electron chi connectivity index (χ4n) is 3.63. The molecule has 192 valence electrons. The number of carbonyl (C=O) groups excluding carboxylic acids is 1. The van der Waals surface area contributed by atoms with Gasteiger partial charge >= 0.3 is 0 Å². The molecule has 0 aliphatic heterocycles. The smallest absolute Gasteiger partial charge is 0.264 e. The summed E-state index contributed by atoms with van der Waals surface area (Å²) in [7, 11) is -1.19. The van der Waals surface area contributed by atoms with Crippen molar-refractivity contribution in [3.63, 3.8) is 0 Å². The first-order chi connectivity index (χ1) is 17.1. The van der Waals surface area contributed by atoms with Crippen LogP contribution in [0.1, 0.15) is 16.7 Å². The number of benzene rings is 3. The number of nitrogens with zero attached hydrogens (tertiary/aromatic N) is 1. The van der Waals surface area contributed by atoms with Crippen LogP contribution in [0.4, 0.5) is 5.69 Å². The van der Waals surface area contributed by atoms with Gasteiger partial charge in [-0.05, 0) is 56.7 Å². The van der Waals surface area contributed by atoms with Gasteiger partial charge in [-0.3, -0.25) is 9.10 Å². The minimum absolute atomic E-state index is 0.0592. The second-order valence-electron chi connectivity index (χ2n) is 8.33. The van der Waals surface area contributed by atoms with E-state index in [1.165, 1.54) is 32.4 Å². The number of carbonyl (C=O) groups is 1. The predicted molar refractivity (Wildman–Crippen MR) is 140 cm³/mol. The minimum atomic E-state index is -4.10. The molecular formula is C27H32N2O6S. The molecule has 8 nitrogen and oxygen atoms in total. The Morgan fingerprint density at radius 1 is 0.861 bits per heavy atom. The maximum atomic E-state index is 13.7. The van der Waals surface area contributed by atoms with E-state index in [0.29, 0.717) is 5.75 Å². The van der Waals surface area contributed by atoms with Crippen molar-refractivity contribution in [1.82, 2.24) is 5.32 Å². The number of rotatable bonds is 11. The van der Waals surface area contributed by atoms with E-state index >= 15 is 0 Å². The Balaban J connectivity index is 1.81. The molecule has 3 aromatic rings. The molecule has 0 bridgehead atoms. The number of hydrogen-bond acceptors (Lipinski definition) is 6. The summed E-state index contributed by atoms with van der Waals surface area (Å²) in [6.07, 6.45) is 0. The van der Waals surface area contributed by atoms with E-state index in [1.54, 1.807) is 24.3 Å². The Bertz CT molecular complexity index is 1310. The Labute approximate surface area is 212 Å². The molecule has 9 heteroatoms. The van der Waals surface area contributed by atoms with E-state index in [2.05, 4.69) is 5.32 Å². The molecule has 0 heterocycles. The molecule has 0 radical (unpaired) electrons. The summed E-state index contributed by atoms with van der Waals surface area (Å²) >= 11 is 0. The lowest BCUT2D eigenvalue weighted by atomic mass is 10.1. The molecule has 0 spiro atoms. The molecule has 3 aromatic carbocycles. The number of ether oxygens (including phenoxy) is 3. The van der Waals surface area contributed by atoms with Crippen LogP contribution in [0.3, 0.4) is 0 Å². The summed E-state index contributed by atoms with van der Waals surface area (Å²) in [5.41, 5.74) is 3.25. The number of amides is 1. The zero-order valence-electron chi connectivity index (χ0n) is 21.2. The van der Waals surface area contributed by atoms with Crippen LogP contribution in [0.15, 0.2) is 65.6 Å². The molecule has 0 saturated heterocycles. The van der Waals surface area contributed by atoms with Gasteiger partial charge in [-0.15, -0.1) is 0 Å². The average molecular weight is 513 g/mol. The average Bonchev–Trinajstić information content (AvgIpc) is 2.86. The highest BCUT2D eigenvalue weighted by molar-refractivity contribution is 7.92. The van der Waals surface area contributed by atoms with Gasteiger partial charge in [0.2, 0.25) is 5.91 Å². The van der Waals surface area contributed by atoms with Crippen molar-refractivity contribution in [1.29, 1.82) is 0 Å². The highest BCUT2D eigenvalue weighted by Crippen LogP contribution is 2.35. The van der Waals surface area contributed by atoms with Gasteiger partial charge in [0.15, 0.2) is 0 Å². The standard InChI is InChI=1S/C27H32N2O6S/c1-19-6-10-23(11-7-19)36(31,32)29(24-17-22(33-4)9-13-26(24)34-5)18-27(30)28-14-15-35-25-12-8-20(2)16-21(25)3/h6-13,16-17H,14-15,18H2,1-5H3,(H,28,30). The van der Waals surface area contributed by atoms with Crippen LogP contribution in [-0.2, 0) is 14.8 Å². The van der Waals surface area contributed by atoms with Crippen LogP contribution >= 0.6 is 0 Å². The summed E-state index contributed by atoms with van der Waals surface area (Å²) in [5.74, 6) is 0.967. The molecule has 0 unspecified atom stereocenters. The summed E-state index contributed by atoms with van der Waals surface area (Å²) < 4.78 is 44.8. The van der Waals surface area contributed by atoms with Gasteiger partial charge in [-0.2, -0.15) is 0 Å². The van der Waals surface area contributed by atoms with Crippen molar-refractivity contribution in [2.75, 3.05) is 38.2 Å². The quantitative estimate of drug-likeness (QED) is 0.390. The number of nitrogens with one attached hydrogen (secondary N) is 1. The largest absolute Gasteiger partial charge is 0.497 e. The van der Waals surface area contributed by atoms with Crippen molar-refractivity contribution < 1.29 is 27.4 Å². The Morgan fingerprint density at radius 2 is 1.53 bits per heavy atom. The van der Waals surface area contributed by atoms with Crippen LogP contribution in [0, 0.1) is 20.8 Å². The number of anilines is 1. The highest BCUT2D eigenvalue weighted by atomic mass is 32.2. The van der Waals surface area contributed by atoms with Crippen LogP contribution < -0.4 is 23.8 Å². The molecule has 1 N–H and O–H groups in total. The third-order valence-electron chi connectivity index (χ3n) is 5.56. The summed E-state index contributed by atoms with van der Waals surface area (Å²) in [6, 6.07) is 17.1. The van der Waals surface area contributed by atoms with Gasteiger partial charge in [0.1, 0.15) is 30.4 Å². The normalized spacial score (nSPS) is 11.0. The lowest BCUT2D eigenvalue weighted by Gasteiger charge is -2.26. The SMILES string of the molecule is COc1ccc(OC)c(N(CC(=O)NCCOc2ccc(C)cc2C)S(=O)(=O)c2ccc(C)cc2)c1. The number of hydrogen-bond donors (Lipinski definition) is 1. The number of sulfonamides is 1. The number of aryl methyl sites for hydroxylation is 3. The van der Waals surface area contributed by atoms with Crippen molar-refractivity contribution >= 4 is 21.6 Å². The van der Waals surface area contributed by atoms with Gasteiger partial charge in [0.05, 0.1) is 31.3 Å². The van der Waals surface area contributed by atoms with E-state index in [9.17, 15) is 13.2 Å². The topological polar surface area (TPSA) is 94.2 Å². The molecule has 0 aromatic heterocycles. The predicted octanol–water partition coefficient (Wildman–Crippen LogP) is 4.02. The fraction of sp³-hybridized carbons (Fsp3) is 0.296. The van der Waals surface area contributed by atoms with Crippen LogP contribution in [0.2, 0.25) is 0 Å². The second kappa shape index (κ2) is 11.8. The maximum Gasteiger partial charge on any atom is 0.264 e. The van der Waals surface area contributed by atoms with Crippen molar-refractivity contribution in [2.24, 2.45) is 0 Å². The first kappa shape index (κ1) is 26.9. The molecule has 0 saturated carbocycles. The Hall–Kier alpha value is -3.72. The highest BCUT2D eigenvalue weighted by Gasteiger charge is 2.30. The molecule has 0 fully saturated rings. The minimum Gasteiger partial charge on any atom is -0.497 e. The zero-order valence-corrected chi connectivity index (χ0v) is 22.0. The van der Waals surface area contributed by atoms with Crippen LogP contribution in [0.5, 0.6) is 17.2 Å². The van der Waals surface area contributed by atoms with E-state index in [4.69, 9.17) is 14.2 Å². The monoisotopic (exact) mass is 512 g/mol. The van der Waals surface area contributed by atoms with Crippen molar-refractivity contribution in [3.8, 4) is 17.2 Å². The van der Waals surface area contributed by atoms with Gasteiger partial charge in [0.25, 0.3) is 10.0 Å². The Kier molecular flexibility index (Phi) is 8.82. The molecule has 1 amide bonds. The third-order valence-corrected chi connectivity index (χ3v) is 7.34. The fourth-order valence-corrected chi connectivity index (χ4v) is 5.05. The Morgan fingerprint density at radius 3 is 2.17 bits per heavy atom. The van der Waals surface area contributed by atoms with Gasteiger partial charge in [0, 0.05) is 6.07 Å². The molecule has 3 rings (SSSR count). The molecule has 36 heavy (non-hydrogen) atoms. The van der Waals surface area contributed by atoms with E-state index in [0.717, 1.165) is 26.7 Å². The summed E-state index contributed by atoms with van der Waals surface area (Å²) in [5, 5.41) is 2.74.